The van der Waals surface area contributed by atoms with Crippen molar-refractivity contribution in [1.82, 2.24) is 5.32 Å². The molecule has 1 heteroatoms. The molecule has 1 fully saturated rings. The van der Waals surface area contributed by atoms with Crippen LogP contribution in [0.3, 0.4) is 0 Å². The monoisotopic (exact) mass is 273 g/mol. The van der Waals surface area contributed by atoms with Crippen LogP contribution >= 0.6 is 0 Å². The van der Waals surface area contributed by atoms with Crippen molar-refractivity contribution in [1.29, 1.82) is 0 Å². The van der Waals surface area contributed by atoms with Gasteiger partial charge in [-0.3, -0.25) is 0 Å². The summed E-state index contributed by atoms with van der Waals surface area (Å²) < 4.78 is 0. The lowest BCUT2D eigenvalue weighted by Crippen LogP contribution is -2.52. The lowest BCUT2D eigenvalue weighted by Gasteiger charge is -2.53. The predicted octanol–water partition coefficient (Wildman–Crippen LogP) is 4.61. The van der Waals surface area contributed by atoms with Crippen LogP contribution in [0, 0.1) is 25.2 Å². The van der Waals surface area contributed by atoms with Crippen molar-refractivity contribution in [3.8, 4) is 0 Å². The first-order valence-electron chi connectivity index (χ1n) is 8.06. The molecule has 0 saturated heterocycles. The zero-order valence-electron chi connectivity index (χ0n) is 14.1. The highest BCUT2D eigenvalue weighted by molar-refractivity contribution is 5.37. The van der Waals surface area contributed by atoms with E-state index >= 15 is 0 Å². The van der Waals surface area contributed by atoms with E-state index in [2.05, 4.69) is 65.1 Å². The Bertz CT molecular complexity index is 441. The molecule has 0 bridgehead atoms. The summed E-state index contributed by atoms with van der Waals surface area (Å²) in [4.78, 5) is 0. The summed E-state index contributed by atoms with van der Waals surface area (Å²) >= 11 is 0. The van der Waals surface area contributed by atoms with Crippen molar-refractivity contribution < 1.29 is 0 Å². The summed E-state index contributed by atoms with van der Waals surface area (Å²) in [6, 6.07) is 7.09. The highest BCUT2D eigenvalue weighted by Crippen LogP contribution is 2.54. The maximum absolute atomic E-state index is 3.60. The Hall–Kier alpha value is -0.820. The Kier molecular flexibility index (Phi) is 4.30. The Morgan fingerprint density at radius 2 is 1.65 bits per heavy atom. The molecule has 1 saturated carbocycles. The van der Waals surface area contributed by atoms with Crippen LogP contribution < -0.4 is 5.32 Å². The minimum Gasteiger partial charge on any atom is -0.316 e. The molecule has 1 aromatic carbocycles. The van der Waals surface area contributed by atoms with Gasteiger partial charge in [0.25, 0.3) is 0 Å². The normalized spacial score (nSPS) is 26.4. The maximum Gasteiger partial charge on any atom is 0.00836 e. The van der Waals surface area contributed by atoms with Gasteiger partial charge in [-0.2, -0.15) is 0 Å². The number of benzene rings is 1. The summed E-state index contributed by atoms with van der Waals surface area (Å²) in [5.41, 5.74) is 5.15. The number of rotatable bonds is 4. The number of likely N-dealkylation sites (N-methyl/N-ethyl adjacent to an activating group) is 1. The van der Waals surface area contributed by atoms with Crippen molar-refractivity contribution in [2.75, 3.05) is 13.1 Å². The van der Waals surface area contributed by atoms with Gasteiger partial charge < -0.3 is 5.32 Å². The van der Waals surface area contributed by atoms with E-state index < -0.39 is 0 Å². The molecule has 1 aliphatic rings. The summed E-state index contributed by atoms with van der Waals surface area (Å²) in [6.07, 6.45) is 2.65. The minimum atomic E-state index is 0.366. The van der Waals surface area contributed by atoms with Crippen molar-refractivity contribution in [2.45, 2.75) is 59.8 Å². The van der Waals surface area contributed by atoms with E-state index in [0.717, 1.165) is 19.0 Å². The topological polar surface area (TPSA) is 12.0 Å². The third kappa shape index (κ3) is 3.09. The molecule has 0 heterocycles. The van der Waals surface area contributed by atoms with Crippen molar-refractivity contribution in [3.05, 3.63) is 34.9 Å². The minimum absolute atomic E-state index is 0.366. The Morgan fingerprint density at radius 1 is 1.10 bits per heavy atom. The molecule has 0 spiro atoms. The average Bonchev–Trinajstić information content (AvgIpc) is 2.24. The first-order valence-corrected chi connectivity index (χ1v) is 8.06. The molecule has 2 rings (SSSR count). The molecule has 20 heavy (non-hydrogen) atoms. The molecule has 112 valence electrons. The maximum atomic E-state index is 3.60. The quantitative estimate of drug-likeness (QED) is 0.845. The van der Waals surface area contributed by atoms with Gasteiger partial charge in [-0.05, 0) is 50.1 Å². The Balaban J connectivity index is 2.25. The van der Waals surface area contributed by atoms with Gasteiger partial charge in [0, 0.05) is 12.0 Å². The number of aryl methyl sites for hydroxylation is 2. The second-order valence-corrected chi connectivity index (χ2v) is 7.91. The van der Waals surface area contributed by atoms with Crippen LogP contribution in [0.1, 0.15) is 57.2 Å². The van der Waals surface area contributed by atoms with Crippen LogP contribution in [-0.4, -0.2) is 13.1 Å². The van der Waals surface area contributed by atoms with Crippen LogP contribution in [0.4, 0.5) is 0 Å². The van der Waals surface area contributed by atoms with Crippen LogP contribution in [0.25, 0.3) is 0 Å². The van der Waals surface area contributed by atoms with E-state index in [1.54, 1.807) is 5.56 Å². The van der Waals surface area contributed by atoms with Crippen LogP contribution in [0.15, 0.2) is 18.2 Å². The molecule has 0 unspecified atom stereocenters. The fourth-order valence-corrected chi connectivity index (χ4v) is 3.62. The highest BCUT2D eigenvalue weighted by atomic mass is 14.9. The van der Waals surface area contributed by atoms with Crippen molar-refractivity contribution >= 4 is 0 Å². The van der Waals surface area contributed by atoms with Gasteiger partial charge in [0.1, 0.15) is 0 Å². The molecule has 1 aromatic rings. The first kappa shape index (κ1) is 15.6. The van der Waals surface area contributed by atoms with Crippen LogP contribution in [0.5, 0.6) is 0 Å². The molecular formula is C19H31N. The fourth-order valence-electron chi connectivity index (χ4n) is 3.62. The smallest absolute Gasteiger partial charge is 0.00836 e. The van der Waals surface area contributed by atoms with Crippen molar-refractivity contribution in [2.24, 2.45) is 11.3 Å². The van der Waals surface area contributed by atoms with Gasteiger partial charge >= 0.3 is 0 Å². The fraction of sp³-hybridized carbons (Fsp3) is 0.684. The molecule has 0 aromatic heterocycles. The summed E-state index contributed by atoms with van der Waals surface area (Å²) in [6.45, 7) is 16.0. The average molecular weight is 273 g/mol. The SMILES string of the molecule is CCNCC1(c2cc(C)cc(C)c2)CC(C(C)(C)C)C1. The molecule has 0 aliphatic heterocycles. The highest BCUT2D eigenvalue weighted by Gasteiger charge is 2.49. The van der Waals surface area contributed by atoms with E-state index in [1.165, 1.54) is 24.0 Å². The molecule has 1 N–H and O–H groups in total. The standard InChI is InChI=1S/C19H31N/c1-7-20-13-19(11-17(12-19)18(4,5)6)16-9-14(2)8-15(3)10-16/h8-10,17,20H,7,11-13H2,1-6H3. The van der Waals surface area contributed by atoms with Gasteiger partial charge in [-0.15, -0.1) is 0 Å². The largest absolute Gasteiger partial charge is 0.316 e. The van der Waals surface area contributed by atoms with Gasteiger partial charge in [0.2, 0.25) is 0 Å². The van der Waals surface area contributed by atoms with Gasteiger partial charge in [-0.25, -0.2) is 0 Å². The molecular weight excluding hydrogens is 242 g/mol. The van der Waals surface area contributed by atoms with E-state index in [0.29, 0.717) is 10.8 Å². The lowest BCUT2D eigenvalue weighted by atomic mass is 9.52. The number of nitrogens with one attached hydrogen (secondary N) is 1. The lowest BCUT2D eigenvalue weighted by molar-refractivity contribution is 0.0451. The second kappa shape index (κ2) is 5.52. The van der Waals surface area contributed by atoms with E-state index in [4.69, 9.17) is 0 Å². The Morgan fingerprint density at radius 3 is 2.10 bits per heavy atom. The second-order valence-electron chi connectivity index (χ2n) is 7.91. The van der Waals surface area contributed by atoms with E-state index in [1.807, 2.05) is 0 Å². The van der Waals surface area contributed by atoms with E-state index in [9.17, 15) is 0 Å². The van der Waals surface area contributed by atoms with Crippen LogP contribution in [-0.2, 0) is 5.41 Å². The third-order valence-electron chi connectivity index (χ3n) is 5.05. The van der Waals surface area contributed by atoms with Gasteiger partial charge in [0.05, 0.1) is 0 Å². The zero-order chi connectivity index (χ0) is 15.0. The van der Waals surface area contributed by atoms with E-state index in [-0.39, 0.29) is 0 Å². The number of hydrogen-bond donors (Lipinski definition) is 1. The predicted molar refractivity (Wildman–Crippen MR) is 88.3 cm³/mol. The molecule has 0 atom stereocenters. The summed E-state index contributed by atoms with van der Waals surface area (Å²) in [5, 5.41) is 3.60. The first-order chi connectivity index (χ1) is 9.27. The number of hydrogen-bond acceptors (Lipinski definition) is 1. The summed E-state index contributed by atoms with van der Waals surface area (Å²) in [7, 11) is 0. The van der Waals surface area contributed by atoms with Gasteiger partial charge in [0.15, 0.2) is 0 Å². The van der Waals surface area contributed by atoms with Crippen molar-refractivity contribution in [3.63, 3.8) is 0 Å². The third-order valence-corrected chi connectivity index (χ3v) is 5.05. The molecule has 0 radical (unpaired) electrons. The summed E-state index contributed by atoms with van der Waals surface area (Å²) in [5.74, 6) is 0.849. The van der Waals surface area contributed by atoms with Gasteiger partial charge in [-0.1, -0.05) is 57.0 Å². The van der Waals surface area contributed by atoms with Crippen LogP contribution in [0.2, 0.25) is 0 Å². The molecule has 1 nitrogen and oxygen atoms in total. The zero-order valence-corrected chi connectivity index (χ0v) is 14.1. The molecule has 0 amide bonds. The molecule has 1 aliphatic carbocycles. The Labute approximate surface area is 125 Å².